The van der Waals surface area contributed by atoms with Crippen molar-refractivity contribution in [1.82, 2.24) is 9.21 Å². The first kappa shape index (κ1) is 24.0. The van der Waals surface area contributed by atoms with Gasteiger partial charge in [-0.15, -0.1) is 0 Å². The van der Waals surface area contributed by atoms with Crippen LogP contribution in [0.1, 0.15) is 61.7 Å². The first-order chi connectivity index (χ1) is 16.5. The Bertz CT molecular complexity index is 959. The minimum Gasteiger partial charge on any atom is -0.370 e. The molecule has 1 aromatic carbocycles. The molecule has 8 nitrogen and oxygen atoms in total. The summed E-state index contributed by atoms with van der Waals surface area (Å²) >= 11 is 0. The molecule has 1 amide bonds. The van der Waals surface area contributed by atoms with Crippen LogP contribution in [0.15, 0.2) is 23.1 Å². The highest BCUT2D eigenvalue weighted by atomic mass is 32.2. The minimum absolute atomic E-state index is 0.0907. The van der Waals surface area contributed by atoms with Gasteiger partial charge in [-0.2, -0.15) is 4.31 Å². The van der Waals surface area contributed by atoms with E-state index >= 15 is 0 Å². The lowest BCUT2D eigenvalue weighted by Crippen LogP contribution is -2.41. The van der Waals surface area contributed by atoms with Gasteiger partial charge in [0.25, 0.3) is 5.91 Å². The lowest BCUT2D eigenvalue weighted by atomic mass is 9.95. The molecule has 188 valence electrons. The van der Waals surface area contributed by atoms with Gasteiger partial charge in [0.05, 0.1) is 18.9 Å². The first-order valence-electron chi connectivity index (χ1n) is 13.0. The summed E-state index contributed by atoms with van der Waals surface area (Å²) in [7, 11) is -3.66. The van der Waals surface area contributed by atoms with Crippen molar-refractivity contribution in [2.75, 3.05) is 57.4 Å². The van der Waals surface area contributed by atoms with E-state index in [0.29, 0.717) is 55.8 Å². The number of nitrogens with zero attached hydrogens (tertiary/aromatic N) is 3. The molecule has 4 aliphatic heterocycles. The number of sulfonamides is 1. The second-order valence-electron chi connectivity index (χ2n) is 9.93. The highest BCUT2D eigenvalue weighted by Crippen LogP contribution is 2.33. The molecule has 9 heteroatoms. The summed E-state index contributed by atoms with van der Waals surface area (Å²) in [5, 5.41) is 0. The van der Waals surface area contributed by atoms with Crippen LogP contribution in [0, 0.1) is 5.92 Å². The fourth-order valence-corrected chi connectivity index (χ4v) is 7.45. The first-order valence-corrected chi connectivity index (χ1v) is 14.4. The summed E-state index contributed by atoms with van der Waals surface area (Å²) in [5.41, 5.74) is 1.21. The number of carbonyl (C=O) groups excluding carboxylic acids is 1. The van der Waals surface area contributed by atoms with Crippen LogP contribution in [0.25, 0.3) is 0 Å². The molecule has 4 saturated heterocycles. The number of amides is 1. The largest absolute Gasteiger partial charge is 0.370 e. The predicted octanol–water partition coefficient (Wildman–Crippen LogP) is 3.08. The number of rotatable bonds is 5. The third-order valence-electron chi connectivity index (χ3n) is 7.70. The molecule has 5 rings (SSSR count). The molecule has 0 radical (unpaired) electrons. The van der Waals surface area contributed by atoms with Crippen LogP contribution in [0.2, 0.25) is 0 Å². The Morgan fingerprint density at radius 2 is 1.44 bits per heavy atom. The summed E-state index contributed by atoms with van der Waals surface area (Å²) in [5.74, 6) is 0.218. The highest BCUT2D eigenvalue weighted by Gasteiger charge is 2.34. The Labute approximate surface area is 203 Å². The Kier molecular flexibility index (Phi) is 7.44. The van der Waals surface area contributed by atoms with Crippen LogP contribution in [-0.2, 0) is 19.5 Å². The molecular weight excluding hydrogens is 454 g/mol. The Morgan fingerprint density at radius 3 is 2.09 bits per heavy atom. The summed E-state index contributed by atoms with van der Waals surface area (Å²) in [4.78, 5) is 17.7. The van der Waals surface area contributed by atoms with Crippen LogP contribution in [0.3, 0.4) is 0 Å². The van der Waals surface area contributed by atoms with E-state index in [9.17, 15) is 13.2 Å². The van der Waals surface area contributed by atoms with Gasteiger partial charge in [0.2, 0.25) is 10.0 Å². The van der Waals surface area contributed by atoms with E-state index in [-0.39, 0.29) is 12.2 Å². The maximum absolute atomic E-state index is 13.7. The fraction of sp³-hybridized carbons (Fsp3) is 0.720. The number of carbonyl (C=O) groups is 1. The van der Waals surface area contributed by atoms with Crippen molar-refractivity contribution >= 4 is 21.6 Å². The van der Waals surface area contributed by atoms with E-state index in [2.05, 4.69) is 4.90 Å². The SMILES string of the molecule is O=C(c1ccc(N2CCCCC2)c(S(=O)(=O)N2CCCCC2)c1)N1CCC(C2OCCO2)CC1. The Hall–Kier alpha value is -1.68. The van der Waals surface area contributed by atoms with Crippen molar-refractivity contribution in [3.8, 4) is 0 Å². The molecule has 0 saturated carbocycles. The second-order valence-corrected chi connectivity index (χ2v) is 11.8. The number of piperidine rings is 3. The van der Waals surface area contributed by atoms with Gasteiger partial charge < -0.3 is 19.3 Å². The van der Waals surface area contributed by atoms with Crippen molar-refractivity contribution in [1.29, 1.82) is 0 Å². The number of ether oxygens (including phenoxy) is 2. The van der Waals surface area contributed by atoms with Crippen molar-refractivity contribution < 1.29 is 22.7 Å². The molecule has 0 bridgehead atoms. The standard InChI is InChI=1S/C25H37N3O5S/c29-24(27-15-9-20(10-16-27)25-32-17-18-33-25)21-7-8-22(26-11-3-1-4-12-26)23(19-21)34(30,31)28-13-5-2-6-14-28/h7-8,19-20,25H,1-6,9-18H2. The summed E-state index contributed by atoms with van der Waals surface area (Å²) < 4.78 is 40.4. The van der Waals surface area contributed by atoms with Gasteiger partial charge in [0.1, 0.15) is 4.90 Å². The quantitative estimate of drug-likeness (QED) is 0.630. The number of hydrogen-bond acceptors (Lipinski definition) is 6. The van der Waals surface area contributed by atoms with Gasteiger partial charge in [0, 0.05) is 50.7 Å². The fourth-order valence-electron chi connectivity index (χ4n) is 5.70. The lowest BCUT2D eigenvalue weighted by Gasteiger charge is -2.35. The smallest absolute Gasteiger partial charge is 0.253 e. The normalized spacial score (nSPS) is 24.0. The zero-order valence-electron chi connectivity index (χ0n) is 20.0. The molecule has 4 aliphatic rings. The van der Waals surface area contributed by atoms with Crippen molar-refractivity contribution in [3.63, 3.8) is 0 Å². The van der Waals surface area contributed by atoms with Gasteiger partial charge in [-0.05, 0) is 63.1 Å². The average molecular weight is 492 g/mol. The molecule has 1 aromatic rings. The monoisotopic (exact) mass is 491 g/mol. The highest BCUT2D eigenvalue weighted by molar-refractivity contribution is 7.89. The van der Waals surface area contributed by atoms with Gasteiger partial charge in [-0.25, -0.2) is 8.42 Å². The lowest BCUT2D eigenvalue weighted by molar-refractivity contribution is -0.0956. The average Bonchev–Trinajstić information content (AvgIpc) is 3.44. The van der Waals surface area contributed by atoms with E-state index in [1.165, 1.54) is 6.42 Å². The minimum atomic E-state index is -3.66. The molecular formula is C25H37N3O5S. The summed E-state index contributed by atoms with van der Waals surface area (Å²) in [6.07, 6.45) is 7.66. The van der Waals surface area contributed by atoms with Crippen molar-refractivity contribution in [2.45, 2.75) is 62.6 Å². The van der Waals surface area contributed by atoms with E-state index in [1.54, 1.807) is 10.4 Å². The van der Waals surface area contributed by atoms with E-state index < -0.39 is 10.0 Å². The molecule has 0 N–H and O–H groups in total. The zero-order valence-corrected chi connectivity index (χ0v) is 20.8. The van der Waals surface area contributed by atoms with Crippen LogP contribution >= 0.6 is 0 Å². The zero-order chi connectivity index (χ0) is 23.5. The Morgan fingerprint density at radius 1 is 0.824 bits per heavy atom. The van der Waals surface area contributed by atoms with E-state index in [0.717, 1.165) is 63.7 Å². The Balaban J connectivity index is 1.38. The third-order valence-corrected chi connectivity index (χ3v) is 9.62. The molecule has 0 atom stereocenters. The molecule has 0 unspecified atom stereocenters. The number of likely N-dealkylation sites (tertiary alicyclic amines) is 1. The number of hydrogen-bond donors (Lipinski definition) is 0. The maximum Gasteiger partial charge on any atom is 0.253 e. The van der Waals surface area contributed by atoms with Gasteiger partial charge >= 0.3 is 0 Å². The van der Waals surface area contributed by atoms with E-state index in [4.69, 9.17) is 9.47 Å². The molecule has 4 fully saturated rings. The molecule has 4 heterocycles. The van der Waals surface area contributed by atoms with Crippen LogP contribution < -0.4 is 4.90 Å². The molecule has 34 heavy (non-hydrogen) atoms. The third kappa shape index (κ3) is 4.98. The van der Waals surface area contributed by atoms with E-state index in [1.807, 2.05) is 17.0 Å². The number of benzene rings is 1. The topological polar surface area (TPSA) is 79.4 Å². The van der Waals surface area contributed by atoms with Gasteiger partial charge in [-0.3, -0.25) is 4.79 Å². The molecule has 0 spiro atoms. The summed E-state index contributed by atoms with van der Waals surface area (Å²) in [6, 6.07) is 5.32. The van der Waals surface area contributed by atoms with Crippen LogP contribution in [0.5, 0.6) is 0 Å². The van der Waals surface area contributed by atoms with Crippen molar-refractivity contribution in [2.24, 2.45) is 5.92 Å². The predicted molar refractivity (Wildman–Crippen MR) is 129 cm³/mol. The van der Waals surface area contributed by atoms with Crippen molar-refractivity contribution in [3.05, 3.63) is 23.8 Å². The van der Waals surface area contributed by atoms with Gasteiger partial charge in [0.15, 0.2) is 6.29 Å². The van der Waals surface area contributed by atoms with Gasteiger partial charge in [-0.1, -0.05) is 6.42 Å². The molecule has 0 aliphatic carbocycles. The number of anilines is 1. The maximum atomic E-state index is 13.7. The molecule has 0 aromatic heterocycles. The van der Waals surface area contributed by atoms with Crippen LogP contribution in [0.4, 0.5) is 5.69 Å². The second kappa shape index (κ2) is 10.5. The summed E-state index contributed by atoms with van der Waals surface area (Å²) in [6.45, 7) is 5.37. The van der Waals surface area contributed by atoms with Crippen LogP contribution in [-0.4, -0.2) is 82.3 Å².